The summed E-state index contributed by atoms with van der Waals surface area (Å²) in [5.74, 6) is 0.522. The highest BCUT2D eigenvalue weighted by atomic mass is 79.9. The molecule has 0 aromatic heterocycles. The van der Waals surface area contributed by atoms with E-state index in [1.807, 2.05) is 24.3 Å². The molecule has 94 valence electrons. The number of methoxy groups -OCH3 is 1. The number of rotatable bonds is 4. The number of halogens is 2. The zero-order chi connectivity index (χ0) is 13.0. The molecule has 0 spiro atoms. The van der Waals surface area contributed by atoms with Crippen LogP contribution in [0.1, 0.15) is 5.56 Å². The molecule has 0 radical (unpaired) electrons. The van der Waals surface area contributed by atoms with Crippen LogP contribution in [0.25, 0.3) is 0 Å². The molecule has 0 heterocycles. The first-order valence-corrected chi connectivity index (χ1v) is 6.31. The van der Waals surface area contributed by atoms with Gasteiger partial charge in [-0.25, -0.2) is 4.39 Å². The Bertz CT molecular complexity index is 545. The van der Waals surface area contributed by atoms with Gasteiger partial charge in [-0.15, -0.1) is 0 Å². The van der Waals surface area contributed by atoms with Crippen LogP contribution in [-0.2, 0) is 6.54 Å². The monoisotopic (exact) mass is 309 g/mol. The molecule has 2 aromatic rings. The van der Waals surface area contributed by atoms with E-state index >= 15 is 0 Å². The second-order valence-electron chi connectivity index (χ2n) is 3.79. The fourth-order valence-corrected chi connectivity index (χ4v) is 2.01. The number of hydrogen-bond donors (Lipinski definition) is 1. The van der Waals surface area contributed by atoms with Gasteiger partial charge in [0.2, 0.25) is 0 Å². The maximum absolute atomic E-state index is 13.5. The lowest BCUT2D eigenvalue weighted by molar-refractivity contribution is 0.416. The molecule has 2 aromatic carbocycles. The number of benzene rings is 2. The average Bonchev–Trinajstić information content (AvgIpc) is 2.38. The first kappa shape index (κ1) is 12.9. The number of ether oxygens (including phenoxy) is 1. The van der Waals surface area contributed by atoms with Gasteiger partial charge < -0.3 is 10.1 Å². The minimum absolute atomic E-state index is 0.209. The van der Waals surface area contributed by atoms with E-state index in [1.165, 1.54) is 6.07 Å². The van der Waals surface area contributed by atoms with Crippen LogP contribution in [0, 0.1) is 5.82 Å². The van der Waals surface area contributed by atoms with Crippen molar-refractivity contribution in [3.8, 4) is 5.75 Å². The molecule has 1 N–H and O–H groups in total. The van der Waals surface area contributed by atoms with Crippen LogP contribution >= 0.6 is 15.9 Å². The molecular formula is C14H13BrFNO. The van der Waals surface area contributed by atoms with Crippen molar-refractivity contribution in [1.82, 2.24) is 0 Å². The van der Waals surface area contributed by atoms with Gasteiger partial charge in [-0.1, -0.05) is 34.1 Å². The third kappa shape index (κ3) is 3.01. The summed E-state index contributed by atoms with van der Waals surface area (Å²) >= 11 is 3.40. The van der Waals surface area contributed by atoms with Crippen molar-refractivity contribution in [2.75, 3.05) is 12.4 Å². The molecule has 2 rings (SSSR count). The van der Waals surface area contributed by atoms with E-state index in [9.17, 15) is 4.39 Å². The summed E-state index contributed by atoms with van der Waals surface area (Å²) in [7, 11) is 1.61. The van der Waals surface area contributed by atoms with Crippen LogP contribution in [0.4, 0.5) is 10.1 Å². The standard InChI is InChI=1S/C14H13BrFNO/c1-18-14-7-6-11(15)8-13(14)17-9-10-4-2-3-5-12(10)16/h2-8,17H,9H2,1H3. The van der Waals surface area contributed by atoms with Gasteiger partial charge in [0.1, 0.15) is 11.6 Å². The highest BCUT2D eigenvalue weighted by Crippen LogP contribution is 2.28. The molecule has 0 unspecified atom stereocenters. The molecule has 0 amide bonds. The molecule has 0 aliphatic carbocycles. The molecule has 0 saturated carbocycles. The quantitative estimate of drug-likeness (QED) is 0.913. The van der Waals surface area contributed by atoms with E-state index in [2.05, 4.69) is 21.2 Å². The van der Waals surface area contributed by atoms with Crippen LogP contribution in [0.5, 0.6) is 5.75 Å². The normalized spacial score (nSPS) is 10.2. The Morgan fingerprint density at radius 3 is 2.72 bits per heavy atom. The van der Waals surface area contributed by atoms with Crippen molar-refractivity contribution in [3.05, 3.63) is 58.3 Å². The highest BCUT2D eigenvalue weighted by Gasteiger charge is 2.05. The summed E-state index contributed by atoms with van der Waals surface area (Å²) < 4.78 is 19.7. The van der Waals surface area contributed by atoms with Crippen LogP contribution in [0.15, 0.2) is 46.9 Å². The third-order valence-corrected chi connectivity index (χ3v) is 3.08. The summed E-state index contributed by atoms with van der Waals surface area (Å²) in [5.41, 5.74) is 1.45. The largest absolute Gasteiger partial charge is 0.495 e. The molecule has 0 aliphatic rings. The van der Waals surface area contributed by atoms with Crippen molar-refractivity contribution in [3.63, 3.8) is 0 Å². The number of nitrogens with one attached hydrogen (secondary N) is 1. The third-order valence-electron chi connectivity index (χ3n) is 2.59. The molecule has 18 heavy (non-hydrogen) atoms. The van der Waals surface area contributed by atoms with Crippen molar-refractivity contribution < 1.29 is 9.13 Å². The Kier molecular flexibility index (Phi) is 4.20. The topological polar surface area (TPSA) is 21.3 Å². The lowest BCUT2D eigenvalue weighted by atomic mass is 10.2. The van der Waals surface area contributed by atoms with Crippen molar-refractivity contribution in [2.24, 2.45) is 0 Å². The van der Waals surface area contributed by atoms with Crippen LogP contribution < -0.4 is 10.1 Å². The lowest BCUT2D eigenvalue weighted by Crippen LogP contribution is -2.03. The maximum atomic E-state index is 13.5. The smallest absolute Gasteiger partial charge is 0.142 e. The average molecular weight is 310 g/mol. The van der Waals surface area contributed by atoms with Gasteiger partial charge in [-0.2, -0.15) is 0 Å². The summed E-state index contributed by atoms with van der Waals surface area (Å²) in [6, 6.07) is 12.4. The van der Waals surface area contributed by atoms with E-state index < -0.39 is 0 Å². The van der Waals surface area contributed by atoms with Crippen LogP contribution in [0.2, 0.25) is 0 Å². The fraction of sp³-hybridized carbons (Fsp3) is 0.143. The zero-order valence-electron chi connectivity index (χ0n) is 9.91. The summed E-state index contributed by atoms with van der Waals surface area (Å²) in [6.07, 6.45) is 0. The Labute approximate surface area is 114 Å². The van der Waals surface area contributed by atoms with E-state index in [0.717, 1.165) is 15.9 Å². The number of hydrogen-bond acceptors (Lipinski definition) is 2. The molecule has 0 saturated heterocycles. The summed E-state index contributed by atoms with van der Waals surface area (Å²) in [6.45, 7) is 0.416. The van der Waals surface area contributed by atoms with Crippen molar-refractivity contribution in [2.45, 2.75) is 6.54 Å². The van der Waals surface area contributed by atoms with Crippen molar-refractivity contribution >= 4 is 21.6 Å². The Hall–Kier alpha value is -1.55. The van der Waals surface area contributed by atoms with Gasteiger partial charge in [0.15, 0.2) is 0 Å². The minimum atomic E-state index is -0.209. The van der Waals surface area contributed by atoms with Gasteiger partial charge in [0.25, 0.3) is 0 Å². The van der Waals surface area contributed by atoms with Crippen LogP contribution in [0.3, 0.4) is 0 Å². The Balaban J connectivity index is 2.15. The van der Waals surface area contributed by atoms with Crippen LogP contribution in [-0.4, -0.2) is 7.11 Å². The second kappa shape index (κ2) is 5.87. The summed E-state index contributed by atoms with van der Waals surface area (Å²) in [5, 5.41) is 3.17. The molecule has 0 fully saturated rings. The zero-order valence-corrected chi connectivity index (χ0v) is 11.5. The first-order valence-electron chi connectivity index (χ1n) is 5.51. The fourth-order valence-electron chi connectivity index (χ4n) is 1.65. The van der Waals surface area contributed by atoms with Gasteiger partial charge >= 0.3 is 0 Å². The molecule has 0 aliphatic heterocycles. The SMILES string of the molecule is COc1ccc(Br)cc1NCc1ccccc1F. The minimum Gasteiger partial charge on any atom is -0.495 e. The molecule has 0 bridgehead atoms. The molecular weight excluding hydrogens is 297 g/mol. The van der Waals surface area contributed by atoms with Gasteiger partial charge in [-0.05, 0) is 24.3 Å². The second-order valence-corrected chi connectivity index (χ2v) is 4.71. The van der Waals surface area contributed by atoms with Crippen molar-refractivity contribution in [1.29, 1.82) is 0 Å². The van der Waals surface area contributed by atoms with E-state index in [0.29, 0.717) is 12.1 Å². The molecule has 2 nitrogen and oxygen atoms in total. The Morgan fingerprint density at radius 1 is 1.22 bits per heavy atom. The highest BCUT2D eigenvalue weighted by molar-refractivity contribution is 9.10. The van der Waals surface area contributed by atoms with E-state index in [-0.39, 0.29) is 5.82 Å². The lowest BCUT2D eigenvalue weighted by Gasteiger charge is -2.12. The predicted molar refractivity (Wildman–Crippen MR) is 74.4 cm³/mol. The molecule has 4 heteroatoms. The first-order chi connectivity index (χ1) is 8.70. The predicted octanol–water partition coefficient (Wildman–Crippen LogP) is 4.21. The van der Waals surface area contributed by atoms with E-state index in [1.54, 1.807) is 19.2 Å². The van der Waals surface area contributed by atoms with Gasteiger partial charge in [0, 0.05) is 16.6 Å². The maximum Gasteiger partial charge on any atom is 0.142 e. The molecule has 0 atom stereocenters. The van der Waals surface area contributed by atoms with Gasteiger partial charge in [-0.3, -0.25) is 0 Å². The Morgan fingerprint density at radius 2 is 2.00 bits per heavy atom. The van der Waals surface area contributed by atoms with E-state index in [4.69, 9.17) is 4.74 Å². The number of anilines is 1. The van der Waals surface area contributed by atoms with Gasteiger partial charge in [0.05, 0.1) is 12.8 Å². The summed E-state index contributed by atoms with van der Waals surface area (Å²) in [4.78, 5) is 0.